The molecular weight excluding hydrogens is 495 g/mol. The number of esters is 1. The number of hydrogen-bond acceptors (Lipinski definition) is 7. The summed E-state index contributed by atoms with van der Waals surface area (Å²) in [4.78, 5) is 38.0. The molecule has 1 aliphatic heterocycles. The molecule has 0 aliphatic carbocycles. The number of halogens is 2. The van der Waals surface area contributed by atoms with Crippen LogP contribution in [0, 0.1) is 5.82 Å². The number of benzene rings is 2. The van der Waals surface area contributed by atoms with Crippen molar-refractivity contribution in [2.45, 2.75) is 13.2 Å². The Hall–Kier alpha value is -4.31. The van der Waals surface area contributed by atoms with Gasteiger partial charge in [-0.05, 0) is 30.3 Å². The number of carbonyl (C=O) groups excluding carboxylic acids is 3. The Morgan fingerprint density at radius 2 is 1.94 bits per heavy atom. The monoisotopic (exact) mass is 514 g/mol. The summed E-state index contributed by atoms with van der Waals surface area (Å²) in [5.74, 6) is -1.16. The first kappa shape index (κ1) is 24.8. The highest BCUT2D eigenvalue weighted by Gasteiger charge is 2.35. The Morgan fingerprint density at radius 1 is 1.17 bits per heavy atom. The van der Waals surface area contributed by atoms with Crippen LogP contribution in [-0.4, -0.2) is 37.0 Å². The highest BCUT2D eigenvalue weighted by molar-refractivity contribution is 6.31. The predicted molar refractivity (Wildman–Crippen MR) is 126 cm³/mol. The van der Waals surface area contributed by atoms with Crippen LogP contribution in [0.15, 0.2) is 58.6 Å². The maximum absolute atomic E-state index is 14.1. The van der Waals surface area contributed by atoms with E-state index in [4.69, 9.17) is 25.5 Å². The van der Waals surface area contributed by atoms with Crippen LogP contribution in [0.5, 0.6) is 11.5 Å². The second-order valence-electron chi connectivity index (χ2n) is 7.54. The minimum Gasteiger partial charge on any atom is -0.493 e. The molecule has 0 atom stereocenters. The van der Waals surface area contributed by atoms with Gasteiger partial charge in [0.1, 0.15) is 23.9 Å². The van der Waals surface area contributed by atoms with E-state index >= 15 is 0 Å². The lowest BCUT2D eigenvalue weighted by molar-refractivity contribution is -0.123. The van der Waals surface area contributed by atoms with Gasteiger partial charge in [-0.3, -0.25) is 9.69 Å². The zero-order valence-electron chi connectivity index (χ0n) is 19.2. The third-order valence-corrected chi connectivity index (χ3v) is 5.44. The van der Waals surface area contributed by atoms with Crippen LogP contribution in [0.4, 0.5) is 9.18 Å². The molecule has 1 aliphatic rings. The summed E-state index contributed by atoms with van der Waals surface area (Å²) in [5, 5.41) is 2.78. The molecular formula is C25H20ClFN2O7. The number of ether oxygens (including phenoxy) is 3. The van der Waals surface area contributed by atoms with E-state index in [1.807, 2.05) is 0 Å². The molecule has 9 nitrogen and oxygen atoms in total. The van der Waals surface area contributed by atoms with Gasteiger partial charge in [-0.25, -0.2) is 14.0 Å². The quantitative estimate of drug-likeness (QED) is 0.267. The normalized spacial score (nSPS) is 14.2. The summed E-state index contributed by atoms with van der Waals surface area (Å²) >= 11 is 6.21. The largest absolute Gasteiger partial charge is 0.493 e. The Morgan fingerprint density at radius 3 is 2.67 bits per heavy atom. The average Bonchev–Trinajstić information content (AvgIpc) is 3.44. The molecule has 1 aromatic heterocycles. The van der Waals surface area contributed by atoms with Crippen molar-refractivity contribution in [3.8, 4) is 11.5 Å². The van der Waals surface area contributed by atoms with Crippen LogP contribution in [-0.2, 0) is 22.7 Å². The second-order valence-corrected chi connectivity index (χ2v) is 7.98. The van der Waals surface area contributed by atoms with Gasteiger partial charge in [-0.2, -0.15) is 0 Å². The number of furan rings is 1. The molecule has 1 N–H and O–H groups in total. The van der Waals surface area contributed by atoms with E-state index in [1.165, 1.54) is 50.6 Å². The molecule has 2 aromatic carbocycles. The summed E-state index contributed by atoms with van der Waals surface area (Å²) in [6.07, 6.45) is 1.38. The minimum atomic E-state index is -0.690. The summed E-state index contributed by atoms with van der Waals surface area (Å²) in [7, 11) is 2.62. The van der Waals surface area contributed by atoms with Gasteiger partial charge >= 0.3 is 12.0 Å². The molecule has 1 fully saturated rings. The third-order valence-electron chi connectivity index (χ3n) is 5.22. The molecule has 0 saturated carbocycles. The van der Waals surface area contributed by atoms with Gasteiger partial charge in [0.2, 0.25) is 5.76 Å². The van der Waals surface area contributed by atoms with Crippen LogP contribution in [0.25, 0.3) is 6.08 Å². The van der Waals surface area contributed by atoms with Crippen molar-refractivity contribution in [2.75, 3.05) is 14.2 Å². The number of methoxy groups -OCH3 is 2. The third kappa shape index (κ3) is 5.18. The lowest BCUT2D eigenvalue weighted by Gasteiger charge is -2.15. The van der Waals surface area contributed by atoms with E-state index < -0.39 is 23.7 Å². The Labute approximate surface area is 210 Å². The number of urea groups is 1. The number of rotatable bonds is 8. The van der Waals surface area contributed by atoms with Crippen molar-refractivity contribution in [1.29, 1.82) is 0 Å². The number of nitrogens with zero attached hydrogens (tertiary/aromatic N) is 1. The minimum absolute atomic E-state index is 0.0557. The zero-order valence-corrected chi connectivity index (χ0v) is 19.9. The van der Waals surface area contributed by atoms with Gasteiger partial charge in [0.05, 0.1) is 20.8 Å². The molecule has 0 spiro atoms. The Bertz CT molecular complexity index is 1370. The van der Waals surface area contributed by atoms with Gasteiger partial charge in [-0.1, -0.05) is 29.8 Å². The molecule has 186 valence electrons. The van der Waals surface area contributed by atoms with E-state index in [9.17, 15) is 18.8 Å². The van der Waals surface area contributed by atoms with E-state index in [1.54, 1.807) is 18.2 Å². The average molecular weight is 515 g/mol. The van der Waals surface area contributed by atoms with Crippen LogP contribution in [0.1, 0.15) is 27.4 Å². The summed E-state index contributed by atoms with van der Waals surface area (Å²) < 4.78 is 35.2. The Kier molecular flexibility index (Phi) is 7.25. The Balaban J connectivity index is 1.60. The van der Waals surface area contributed by atoms with Gasteiger partial charge in [0.25, 0.3) is 5.91 Å². The van der Waals surface area contributed by atoms with Crippen molar-refractivity contribution < 1.29 is 37.4 Å². The summed E-state index contributed by atoms with van der Waals surface area (Å²) in [6.45, 7) is -0.331. The lowest BCUT2D eigenvalue weighted by Crippen LogP contribution is -2.30. The van der Waals surface area contributed by atoms with E-state index in [2.05, 4.69) is 10.1 Å². The van der Waals surface area contributed by atoms with Crippen molar-refractivity contribution in [3.05, 3.63) is 87.7 Å². The number of imide groups is 1. The summed E-state index contributed by atoms with van der Waals surface area (Å²) in [6, 6.07) is 11.3. The smallest absolute Gasteiger partial charge is 0.373 e. The predicted octanol–water partition coefficient (Wildman–Crippen LogP) is 4.54. The van der Waals surface area contributed by atoms with E-state index in [0.717, 1.165) is 4.90 Å². The molecule has 11 heteroatoms. The van der Waals surface area contributed by atoms with Crippen molar-refractivity contribution in [3.63, 3.8) is 0 Å². The molecule has 1 saturated heterocycles. The molecule has 0 unspecified atom stereocenters. The fraction of sp³-hybridized carbons (Fsp3) is 0.160. The summed E-state index contributed by atoms with van der Waals surface area (Å²) in [5.41, 5.74) is 0.585. The van der Waals surface area contributed by atoms with E-state index in [-0.39, 0.29) is 46.9 Å². The standard InChI is InChI=1S/C25H20ClFN2O7/c1-33-21-11-16(26)9-15(22(21)35-13-14-5-3-4-6-18(14)27)10-19-23(30)29(25(32)28-19)12-17-7-8-20(36-17)24(31)34-2/h3-11H,12-13H2,1-2H3,(H,28,32)/b19-10+. The number of nitrogens with one attached hydrogen (secondary N) is 1. The fourth-order valence-electron chi connectivity index (χ4n) is 3.47. The van der Waals surface area contributed by atoms with Crippen molar-refractivity contribution in [2.24, 2.45) is 0 Å². The van der Waals surface area contributed by atoms with Gasteiger partial charge in [0, 0.05) is 22.2 Å². The maximum atomic E-state index is 14.1. The molecule has 4 rings (SSSR count). The van der Waals surface area contributed by atoms with Gasteiger partial charge < -0.3 is 23.9 Å². The van der Waals surface area contributed by atoms with E-state index in [0.29, 0.717) is 11.1 Å². The van der Waals surface area contributed by atoms with Gasteiger partial charge in [0.15, 0.2) is 11.5 Å². The first-order chi connectivity index (χ1) is 17.3. The molecule has 0 radical (unpaired) electrons. The maximum Gasteiger partial charge on any atom is 0.373 e. The van der Waals surface area contributed by atoms with Crippen molar-refractivity contribution >= 4 is 35.6 Å². The second kappa shape index (κ2) is 10.5. The molecule has 2 heterocycles. The van der Waals surface area contributed by atoms with Gasteiger partial charge in [-0.15, -0.1) is 0 Å². The molecule has 3 aromatic rings. The van der Waals surface area contributed by atoms with Crippen molar-refractivity contribution in [1.82, 2.24) is 10.2 Å². The van der Waals surface area contributed by atoms with Crippen LogP contribution in [0.3, 0.4) is 0 Å². The highest BCUT2D eigenvalue weighted by Crippen LogP contribution is 2.37. The fourth-order valence-corrected chi connectivity index (χ4v) is 3.68. The van der Waals surface area contributed by atoms with Crippen LogP contribution in [0.2, 0.25) is 5.02 Å². The number of hydrogen-bond donors (Lipinski definition) is 1. The highest BCUT2D eigenvalue weighted by atomic mass is 35.5. The SMILES string of the molecule is COC(=O)c1ccc(CN2C(=O)N/C(=C/c3cc(Cl)cc(OC)c3OCc3ccccc3F)C2=O)o1. The molecule has 36 heavy (non-hydrogen) atoms. The topological polar surface area (TPSA) is 107 Å². The lowest BCUT2D eigenvalue weighted by atomic mass is 10.1. The number of carbonyl (C=O) groups is 3. The first-order valence-electron chi connectivity index (χ1n) is 10.6. The molecule has 0 bridgehead atoms. The first-order valence-corrected chi connectivity index (χ1v) is 10.9. The zero-order chi connectivity index (χ0) is 25.8. The van der Waals surface area contributed by atoms with Crippen LogP contribution >= 0.6 is 11.6 Å². The van der Waals surface area contributed by atoms with Crippen LogP contribution < -0.4 is 14.8 Å². The molecule has 3 amide bonds. The number of amides is 3.